The van der Waals surface area contributed by atoms with Crippen LogP contribution in [-0.4, -0.2) is 94.4 Å². The normalized spacial score (nSPS) is 19.3. The molecule has 4 atom stereocenters. The van der Waals surface area contributed by atoms with Crippen LogP contribution < -0.4 is 22.1 Å². The summed E-state index contributed by atoms with van der Waals surface area (Å²) in [6.45, 7) is -0.856. The van der Waals surface area contributed by atoms with Gasteiger partial charge in [-0.25, -0.2) is 4.79 Å². The van der Waals surface area contributed by atoms with Crippen LogP contribution in [0.1, 0.15) is 32.1 Å². The first-order valence-corrected chi connectivity index (χ1v) is 9.58. The third-order valence-corrected chi connectivity index (χ3v) is 4.74. The van der Waals surface area contributed by atoms with E-state index in [9.17, 15) is 34.5 Å². The number of aliphatic hydroxyl groups excluding tert-OH is 2. The fourth-order valence-corrected chi connectivity index (χ4v) is 3.06. The van der Waals surface area contributed by atoms with Crippen LogP contribution in [0, 0.1) is 0 Å². The summed E-state index contributed by atoms with van der Waals surface area (Å²) in [5.74, 6) is -3.45. The highest BCUT2D eigenvalue weighted by Crippen LogP contribution is 2.18. The van der Waals surface area contributed by atoms with Gasteiger partial charge in [0.15, 0.2) is 0 Å². The number of rotatable bonds is 12. The highest BCUT2D eigenvalue weighted by molar-refractivity contribution is 5.94. The van der Waals surface area contributed by atoms with Crippen LogP contribution in [0.3, 0.4) is 0 Å². The second kappa shape index (κ2) is 12.3. The number of carbonyl (C=O) groups is 4. The predicted molar refractivity (Wildman–Crippen MR) is 101 cm³/mol. The molecule has 0 radical (unpaired) electrons. The highest BCUT2D eigenvalue weighted by atomic mass is 16.4. The van der Waals surface area contributed by atoms with Gasteiger partial charge in [-0.1, -0.05) is 6.42 Å². The van der Waals surface area contributed by atoms with Crippen molar-refractivity contribution in [1.82, 2.24) is 15.5 Å². The lowest BCUT2D eigenvalue weighted by Gasteiger charge is -2.27. The number of carboxylic acid groups (broad SMARTS) is 1. The molecule has 3 amide bonds. The molecule has 12 heteroatoms. The third-order valence-electron chi connectivity index (χ3n) is 4.74. The fourth-order valence-electron chi connectivity index (χ4n) is 3.06. The zero-order chi connectivity index (χ0) is 22.0. The molecule has 1 fully saturated rings. The Kier molecular flexibility index (Phi) is 10.5. The van der Waals surface area contributed by atoms with Gasteiger partial charge in [0.2, 0.25) is 17.7 Å². The Labute approximate surface area is 168 Å². The van der Waals surface area contributed by atoms with Crippen molar-refractivity contribution < 1.29 is 34.5 Å². The first-order valence-electron chi connectivity index (χ1n) is 9.58. The quantitative estimate of drug-likeness (QED) is 0.157. The summed E-state index contributed by atoms with van der Waals surface area (Å²) >= 11 is 0. The minimum Gasteiger partial charge on any atom is -0.480 e. The molecule has 0 aromatic carbocycles. The molecule has 1 heterocycles. The van der Waals surface area contributed by atoms with E-state index in [1.165, 1.54) is 0 Å². The maximum Gasteiger partial charge on any atom is 0.326 e. The van der Waals surface area contributed by atoms with Crippen molar-refractivity contribution in [3.63, 3.8) is 0 Å². The van der Waals surface area contributed by atoms with Crippen molar-refractivity contribution in [2.75, 3.05) is 26.3 Å². The molecule has 0 spiro atoms. The first-order chi connectivity index (χ1) is 13.8. The summed E-state index contributed by atoms with van der Waals surface area (Å²) in [5, 5.41) is 32.6. The number of carbonyl (C=O) groups excluding carboxylic acids is 3. The zero-order valence-electron chi connectivity index (χ0n) is 16.2. The number of hydrogen-bond acceptors (Lipinski definition) is 8. The van der Waals surface area contributed by atoms with E-state index in [1.54, 1.807) is 0 Å². The highest BCUT2D eigenvalue weighted by Gasteiger charge is 2.38. The van der Waals surface area contributed by atoms with Gasteiger partial charge >= 0.3 is 5.97 Å². The second-order valence-corrected chi connectivity index (χ2v) is 6.91. The van der Waals surface area contributed by atoms with Gasteiger partial charge in [0.1, 0.15) is 18.1 Å². The lowest BCUT2D eigenvalue weighted by molar-refractivity contribution is -0.150. The number of nitrogens with two attached hydrogens (primary N) is 2. The number of aliphatic carboxylic acids is 1. The predicted octanol–water partition coefficient (Wildman–Crippen LogP) is -3.53. The molecular weight excluding hydrogens is 386 g/mol. The second-order valence-electron chi connectivity index (χ2n) is 6.91. The molecule has 0 aromatic heterocycles. The van der Waals surface area contributed by atoms with E-state index >= 15 is 0 Å². The topological polar surface area (TPSA) is 208 Å². The Morgan fingerprint density at radius 2 is 1.66 bits per heavy atom. The molecule has 1 rings (SSSR count). The van der Waals surface area contributed by atoms with Crippen LogP contribution in [0.15, 0.2) is 0 Å². The smallest absolute Gasteiger partial charge is 0.326 e. The third kappa shape index (κ3) is 7.24. The monoisotopic (exact) mass is 417 g/mol. The van der Waals surface area contributed by atoms with E-state index in [-0.39, 0.29) is 13.0 Å². The van der Waals surface area contributed by atoms with E-state index in [0.29, 0.717) is 32.2 Å². The van der Waals surface area contributed by atoms with E-state index in [4.69, 9.17) is 11.5 Å². The molecule has 12 nitrogen and oxygen atoms in total. The summed E-state index contributed by atoms with van der Waals surface area (Å²) in [6, 6.07) is -4.68. The van der Waals surface area contributed by atoms with Crippen molar-refractivity contribution in [2.24, 2.45) is 11.5 Å². The lowest BCUT2D eigenvalue weighted by Crippen LogP contribution is -2.59. The molecular formula is C17H31N5O7. The molecule has 166 valence electrons. The number of amides is 3. The average Bonchev–Trinajstić information content (AvgIpc) is 3.19. The lowest BCUT2D eigenvalue weighted by atomic mass is 10.1. The van der Waals surface area contributed by atoms with Gasteiger partial charge in [0, 0.05) is 6.54 Å². The molecule has 1 aliphatic heterocycles. The Morgan fingerprint density at radius 1 is 1.03 bits per heavy atom. The summed E-state index contributed by atoms with van der Waals surface area (Å²) in [7, 11) is 0. The van der Waals surface area contributed by atoms with Crippen molar-refractivity contribution >= 4 is 23.7 Å². The molecule has 0 bridgehead atoms. The number of unbranched alkanes of at least 4 members (excludes halogenated alkanes) is 1. The molecule has 1 aliphatic rings. The summed E-state index contributed by atoms with van der Waals surface area (Å²) in [4.78, 5) is 49.3. The molecule has 29 heavy (non-hydrogen) atoms. The summed E-state index contributed by atoms with van der Waals surface area (Å²) in [6.07, 6.45) is 2.45. The van der Waals surface area contributed by atoms with Gasteiger partial charge in [-0.15, -0.1) is 0 Å². The minimum atomic E-state index is -1.40. The maximum atomic E-state index is 12.5. The molecule has 0 aromatic rings. The van der Waals surface area contributed by atoms with Crippen LogP contribution in [0.5, 0.6) is 0 Å². The molecule has 0 saturated carbocycles. The zero-order valence-corrected chi connectivity index (χ0v) is 16.2. The first kappa shape index (κ1) is 24.8. The van der Waals surface area contributed by atoms with E-state index < -0.39 is 61.1 Å². The van der Waals surface area contributed by atoms with Crippen LogP contribution in [0.4, 0.5) is 0 Å². The SMILES string of the molecule is NCCCCC(N)C(=O)NC(CO)C(=O)NC(CO)C(=O)N1CCCC1C(=O)O. The summed E-state index contributed by atoms with van der Waals surface area (Å²) in [5.41, 5.74) is 11.1. The Balaban J connectivity index is 2.67. The molecule has 9 N–H and O–H groups in total. The van der Waals surface area contributed by atoms with Crippen LogP contribution in [-0.2, 0) is 19.2 Å². The van der Waals surface area contributed by atoms with Crippen LogP contribution >= 0.6 is 0 Å². The van der Waals surface area contributed by atoms with Gasteiger partial charge in [0.05, 0.1) is 19.3 Å². The van der Waals surface area contributed by atoms with Crippen LogP contribution in [0.25, 0.3) is 0 Å². The van der Waals surface area contributed by atoms with Gasteiger partial charge in [0.25, 0.3) is 0 Å². The molecule has 4 unspecified atom stereocenters. The largest absolute Gasteiger partial charge is 0.480 e. The average molecular weight is 417 g/mol. The maximum absolute atomic E-state index is 12.5. The van der Waals surface area contributed by atoms with Crippen molar-refractivity contribution in [3.8, 4) is 0 Å². The fraction of sp³-hybridized carbons (Fsp3) is 0.765. The van der Waals surface area contributed by atoms with Gasteiger partial charge in [-0.05, 0) is 32.2 Å². The standard InChI is InChI=1S/C17H31N5O7/c18-6-2-1-4-10(19)14(25)20-11(8-23)15(26)21-12(9-24)16(27)22-7-3-5-13(22)17(28)29/h10-13,23-24H,1-9,18-19H2,(H,20,25)(H,21,26)(H,28,29). The number of aliphatic hydroxyl groups is 2. The Bertz CT molecular complexity index is 589. The summed E-state index contributed by atoms with van der Waals surface area (Å²) < 4.78 is 0. The number of hydrogen-bond donors (Lipinski definition) is 7. The van der Waals surface area contributed by atoms with E-state index in [1.807, 2.05) is 0 Å². The number of carboxylic acids is 1. The van der Waals surface area contributed by atoms with Gasteiger partial charge in [-0.2, -0.15) is 0 Å². The number of likely N-dealkylation sites (tertiary alicyclic amines) is 1. The van der Waals surface area contributed by atoms with Crippen LogP contribution in [0.2, 0.25) is 0 Å². The Hall–Kier alpha value is -2.28. The minimum absolute atomic E-state index is 0.194. The number of nitrogens with one attached hydrogen (secondary N) is 2. The van der Waals surface area contributed by atoms with E-state index in [2.05, 4.69) is 10.6 Å². The van der Waals surface area contributed by atoms with E-state index in [0.717, 1.165) is 4.90 Å². The molecule has 0 aliphatic carbocycles. The molecule has 1 saturated heterocycles. The van der Waals surface area contributed by atoms with Gasteiger partial charge < -0.3 is 42.3 Å². The van der Waals surface area contributed by atoms with Crippen molar-refractivity contribution in [3.05, 3.63) is 0 Å². The van der Waals surface area contributed by atoms with Gasteiger partial charge in [-0.3, -0.25) is 14.4 Å². The van der Waals surface area contributed by atoms with Crippen molar-refractivity contribution in [2.45, 2.75) is 56.3 Å². The number of nitrogens with zero attached hydrogens (tertiary/aromatic N) is 1. The van der Waals surface area contributed by atoms with Crippen molar-refractivity contribution in [1.29, 1.82) is 0 Å². The Morgan fingerprint density at radius 3 is 2.21 bits per heavy atom.